The van der Waals surface area contributed by atoms with E-state index in [4.69, 9.17) is 4.74 Å². The monoisotopic (exact) mass is 396 g/mol. The second kappa shape index (κ2) is 8.83. The molecule has 1 unspecified atom stereocenters. The number of thiazole rings is 1. The lowest BCUT2D eigenvalue weighted by atomic mass is 9.93. The van der Waals surface area contributed by atoms with Crippen LogP contribution in [0, 0.1) is 18.3 Å². The summed E-state index contributed by atoms with van der Waals surface area (Å²) in [5, 5.41) is 9.65. The lowest BCUT2D eigenvalue weighted by Gasteiger charge is -2.19. The van der Waals surface area contributed by atoms with Crippen molar-refractivity contribution in [2.45, 2.75) is 19.6 Å². The Balaban J connectivity index is 1.74. The van der Waals surface area contributed by atoms with Crippen molar-refractivity contribution in [3.8, 4) is 17.2 Å². The average molecular weight is 397 g/mol. The molecule has 0 aliphatic carbocycles. The maximum absolute atomic E-state index is 9.65. The van der Waals surface area contributed by atoms with Gasteiger partial charge in [-0.25, -0.2) is 0 Å². The topological polar surface area (TPSA) is 45.9 Å². The van der Waals surface area contributed by atoms with E-state index in [1.807, 2.05) is 54.2 Å². The lowest BCUT2D eigenvalue weighted by Crippen LogP contribution is -2.06. The van der Waals surface area contributed by atoms with E-state index in [0.29, 0.717) is 12.2 Å². The first-order chi connectivity index (χ1) is 14.3. The van der Waals surface area contributed by atoms with Crippen LogP contribution < -0.4 is 0 Å². The van der Waals surface area contributed by atoms with E-state index in [0.717, 1.165) is 32.7 Å². The highest BCUT2D eigenvalue weighted by molar-refractivity contribution is 7.09. The van der Waals surface area contributed by atoms with Crippen LogP contribution in [0.25, 0.3) is 11.1 Å². The Labute approximate surface area is 174 Å². The molecule has 0 saturated carbocycles. The Hall–Kier alpha value is -3.26. The van der Waals surface area contributed by atoms with Crippen LogP contribution in [0.5, 0.6) is 0 Å². The number of hydrogen-bond donors (Lipinski definition) is 0. The van der Waals surface area contributed by atoms with Crippen LogP contribution in [-0.4, -0.2) is 4.98 Å². The summed E-state index contributed by atoms with van der Waals surface area (Å²) in [4.78, 5) is 5.28. The predicted octanol–water partition coefficient (Wildman–Crippen LogP) is 6.30. The van der Waals surface area contributed by atoms with Crippen molar-refractivity contribution in [1.29, 1.82) is 5.26 Å². The van der Waals surface area contributed by atoms with Crippen LogP contribution in [0.1, 0.15) is 33.2 Å². The standard InChI is InChI=1S/C25H20N2OS/c1-18-7-5-6-10-22(18)23-13-20(11-12-21(23)14-26)25(24-15-27-17-29-24)28-16-19-8-3-2-4-9-19/h2-13,15,17,25H,16H2,1H3. The zero-order valence-corrected chi connectivity index (χ0v) is 16.9. The van der Waals surface area contributed by atoms with Gasteiger partial charge < -0.3 is 4.74 Å². The van der Waals surface area contributed by atoms with Crippen LogP contribution >= 0.6 is 11.3 Å². The third kappa shape index (κ3) is 4.27. The maximum atomic E-state index is 9.65. The molecule has 0 bridgehead atoms. The Morgan fingerprint density at radius 2 is 1.79 bits per heavy atom. The number of aromatic nitrogens is 1. The number of hydrogen-bond acceptors (Lipinski definition) is 4. The quantitative estimate of drug-likeness (QED) is 0.384. The molecule has 1 heterocycles. The molecule has 1 atom stereocenters. The second-order valence-electron chi connectivity index (χ2n) is 6.81. The van der Waals surface area contributed by atoms with E-state index in [2.05, 4.69) is 48.3 Å². The SMILES string of the molecule is Cc1ccccc1-c1cc(C(OCc2ccccc2)c2cncs2)ccc1C#N. The van der Waals surface area contributed by atoms with Gasteiger partial charge in [0.05, 0.1) is 28.6 Å². The summed E-state index contributed by atoms with van der Waals surface area (Å²) in [6, 6.07) is 26.6. The summed E-state index contributed by atoms with van der Waals surface area (Å²) in [7, 11) is 0. The number of nitrogens with zero attached hydrogens (tertiary/aromatic N) is 2. The molecule has 3 aromatic carbocycles. The third-order valence-corrected chi connectivity index (χ3v) is 5.69. The van der Waals surface area contributed by atoms with Crippen molar-refractivity contribution >= 4 is 11.3 Å². The summed E-state index contributed by atoms with van der Waals surface area (Å²) in [5.41, 5.74) is 7.75. The maximum Gasteiger partial charge on any atom is 0.119 e. The Kier molecular flexibility index (Phi) is 5.81. The fourth-order valence-corrected chi connectivity index (χ4v) is 4.06. The average Bonchev–Trinajstić information content (AvgIpc) is 3.29. The minimum Gasteiger partial charge on any atom is -0.363 e. The normalized spacial score (nSPS) is 11.7. The van der Waals surface area contributed by atoms with E-state index in [9.17, 15) is 5.26 Å². The number of nitriles is 1. The molecule has 0 aliphatic heterocycles. The van der Waals surface area contributed by atoms with Crippen LogP contribution in [0.3, 0.4) is 0 Å². The van der Waals surface area contributed by atoms with Crippen molar-refractivity contribution in [2.24, 2.45) is 0 Å². The molecule has 0 N–H and O–H groups in total. The molecular weight excluding hydrogens is 376 g/mol. The molecule has 0 fully saturated rings. The molecule has 1 aromatic heterocycles. The zero-order chi connectivity index (χ0) is 20.1. The Morgan fingerprint density at radius 1 is 1.00 bits per heavy atom. The Morgan fingerprint density at radius 3 is 2.52 bits per heavy atom. The molecule has 0 amide bonds. The van der Waals surface area contributed by atoms with Crippen LogP contribution in [0.15, 0.2) is 84.5 Å². The number of aryl methyl sites for hydroxylation is 1. The van der Waals surface area contributed by atoms with Crippen molar-refractivity contribution in [3.05, 3.63) is 112 Å². The third-order valence-electron chi connectivity index (χ3n) is 4.87. The smallest absolute Gasteiger partial charge is 0.119 e. The molecule has 142 valence electrons. The molecule has 4 aromatic rings. The molecule has 4 heteroatoms. The van der Waals surface area contributed by atoms with Crippen molar-refractivity contribution in [1.82, 2.24) is 4.98 Å². The van der Waals surface area contributed by atoms with Gasteiger partial charge in [-0.3, -0.25) is 4.98 Å². The fraction of sp³-hybridized carbons (Fsp3) is 0.120. The highest BCUT2D eigenvalue weighted by Crippen LogP contribution is 2.34. The number of benzene rings is 3. The van der Waals surface area contributed by atoms with Gasteiger partial charge in [-0.05, 0) is 41.3 Å². The first-order valence-corrected chi connectivity index (χ1v) is 10.3. The van der Waals surface area contributed by atoms with Crippen molar-refractivity contribution in [2.75, 3.05) is 0 Å². The molecule has 0 spiro atoms. The van der Waals surface area contributed by atoms with E-state index < -0.39 is 0 Å². The number of rotatable bonds is 6. The van der Waals surface area contributed by atoms with Crippen LogP contribution in [0.2, 0.25) is 0 Å². The van der Waals surface area contributed by atoms with Gasteiger partial charge in [0, 0.05) is 11.8 Å². The Bertz CT molecular complexity index is 1130. The van der Waals surface area contributed by atoms with Gasteiger partial charge in [-0.2, -0.15) is 5.26 Å². The molecule has 0 saturated heterocycles. The zero-order valence-electron chi connectivity index (χ0n) is 16.1. The minimum atomic E-state index is -0.238. The summed E-state index contributed by atoms with van der Waals surface area (Å²) >= 11 is 1.57. The van der Waals surface area contributed by atoms with Crippen LogP contribution in [-0.2, 0) is 11.3 Å². The van der Waals surface area contributed by atoms with E-state index in [-0.39, 0.29) is 6.10 Å². The second-order valence-corrected chi connectivity index (χ2v) is 7.73. The lowest BCUT2D eigenvalue weighted by molar-refractivity contribution is 0.0689. The highest BCUT2D eigenvalue weighted by Gasteiger charge is 2.19. The van der Waals surface area contributed by atoms with E-state index in [1.54, 1.807) is 11.3 Å². The van der Waals surface area contributed by atoms with Gasteiger partial charge in [0.25, 0.3) is 0 Å². The predicted molar refractivity (Wildman–Crippen MR) is 117 cm³/mol. The molecule has 0 aliphatic rings. The first kappa shape index (κ1) is 19.1. The van der Waals surface area contributed by atoms with Crippen LogP contribution in [0.4, 0.5) is 0 Å². The van der Waals surface area contributed by atoms with E-state index in [1.165, 1.54) is 0 Å². The summed E-state index contributed by atoms with van der Waals surface area (Å²) in [5.74, 6) is 0. The minimum absolute atomic E-state index is 0.238. The first-order valence-electron chi connectivity index (χ1n) is 9.40. The highest BCUT2D eigenvalue weighted by atomic mass is 32.1. The summed E-state index contributed by atoms with van der Waals surface area (Å²) < 4.78 is 6.34. The molecule has 29 heavy (non-hydrogen) atoms. The summed E-state index contributed by atoms with van der Waals surface area (Å²) in [6.45, 7) is 2.57. The molecule has 0 radical (unpaired) electrons. The molecule has 3 nitrogen and oxygen atoms in total. The van der Waals surface area contributed by atoms with Gasteiger partial charge in [-0.15, -0.1) is 11.3 Å². The van der Waals surface area contributed by atoms with Gasteiger partial charge in [0.2, 0.25) is 0 Å². The van der Waals surface area contributed by atoms with Gasteiger partial charge in [0.15, 0.2) is 0 Å². The number of ether oxygens (including phenoxy) is 1. The van der Waals surface area contributed by atoms with Crippen molar-refractivity contribution < 1.29 is 4.74 Å². The van der Waals surface area contributed by atoms with Gasteiger partial charge in [0.1, 0.15) is 6.10 Å². The largest absolute Gasteiger partial charge is 0.363 e. The fourth-order valence-electron chi connectivity index (χ4n) is 3.37. The van der Waals surface area contributed by atoms with Gasteiger partial charge in [-0.1, -0.05) is 60.7 Å². The van der Waals surface area contributed by atoms with Crippen molar-refractivity contribution in [3.63, 3.8) is 0 Å². The van der Waals surface area contributed by atoms with Gasteiger partial charge >= 0.3 is 0 Å². The van der Waals surface area contributed by atoms with E-state index >= 15 is 0 Å². The summed E-state index contributed by atoms with van der Waals surface area (Å²) in [6.07, 6.45) is 1.62. The molecular formula is C25H20N2OS. The molecule has 4 rings (SSSR count).